The lowest BCUT2D eigenvalue weighted by Crippen LogP contribution is -2.34. The lowest BCUT2D eigenvalue weighted by molar-refractivity contribution is -0.116. The Morgan fingerprint density at radius 1 is 1.00 bits per heavy atom. The number of aryl methyl sites for hydroxylation is 2. The van der Waals surface area contributed by atoms with E-state index in [9.17, 15) is 9.59 Å². The van der Waals surface area contributed by atoms with E-state index in [1.807, 2.05) is 56.3 Å². The fourth-order valence-corrected chi connectivity index (χ4v) is 3.21. The number of rotatable bonds is 3. The molecule has 112 valence electrons. The Balaban J connectivity index is 1.81. The van der Waals surface area contributed by atoms with E-state index in [-0.39, 0.29) is 11.1 Å². The van der Waals surface area contributed by atoms with E-state index < -0.39 is 5.37 Å². The Kier molecular flexibility index (Phi) is 3.90. The molecule has 1 aliphatic rings. The van der Waals surface area contributed by atoms with E-state index >= 15 is 0 Å². The van der Waals surface area contributed by atoms with Gasteiger partial charge in [0.15, 0.2) is 5.37 Å². The summed E-state index contributed by atoms with van der Waals surface area (Å²) in [6.07, 6.45) is 0. The molecule has 4 nitrogen and oxygen atoms in total. The first kappa shape index (κ1) is 14.7. The highest BCUT2D eigenvalue weighted by atomic mass is 32.2. The quantitative estimate of drug-likeness (QED) is 0.932. The number of nitrogens with one attached hydrogen (secondary N) is 1. The SMILES string of the molecule is Cc1ccc(N[C@@H]2SC(=O)N(c3cccc(C)c3)C2=O)cc1. The van der Waals surface area contributed by atoms with Gasteiger partial charge >= 0.3 is 0 Å². The van der Waals surface area contributed by atoms with Gasteiger partial charge in [-0.3, -0.25) is 9.59 Å². The van der Waals surface area contributed by atoms with Crippen molar-refractivity contribution in [3.05, 3.63) is 59.7 Å². The number of carbonyl (C=O) groups is 2. The summed E-state index contributed by atoms with van der Waals surface area (Å²) in [7, 11) is 0. The van der Waals surface area contributed by atoms with Gasteiger partial charge in [0.25, 0.3) is 11.1 Å². The highest BCUT2D eigenvalue weighted by molar-refractivity contribution is 8.16. The van der Waals surface area contributed by atoms with Crippen LogP contribution >= 0.6 is 11.8 Å². The number of nitrogens with zero attached hydrogens (tertiary/aromatic N) is 1. The van der Waals surface area contributed by atoms with Crippen molar-refractivity contribution < 1.29 is 9.59 Å². The Morgan fingerprint density at radius 3 is 2.41 bits per heavy atom. The summed E-state index contributed by atoms with van der Waals surface area (Å²) in [5, 5.41) is 2.28. The third-order valence-electron chi connectivity index (χ3n) is 3.46. The fraction of sp³-hybridized carbons (Fsp3) is 0.176. The normalized spacial score (nSPS) is 17.9. The molecule has 0 aliphatic carbocycles. The molecule has 2 aromatic carbocycles. The van der Waals surface area contributed by atoms with E-state index in [2.05, 4.69) is 5.32 Å². The van der Waals surface area contributed by atoms with Crippen LogP contribution in [0.5, 0.6) is 0 Å². The van der Waals surface area contributed by atoms with Crippen LogP contribution in [0.15, 0.2) is 48.5 Å². The number of benzene rings is 2. The topological polar surface area (TPSA) is 49.4 Å². The second-order valence-electron chi connectivity index (χ2n) is 5.29. The Labute approximate surface area is 133 Å². The monoisotopic (exact) mass is 312 g/mol. The van der Waals surface area contributed by atoms with Gasteiger partial charge in [-0.1, -0.05) is 29.8 Å². The molecule has 2 amide bonds. The molecular weight excluding hydrogens is 296 g/mol. The molecule has 1 atom stereocenters. The van der Waals surface area contributed by atoms with Crippen molar-refractivity contribution in [3.63, 3.8) is 0 Å². The van der Waals surface area contributed by atoms with E-state index in [1.54, 1.807) is 6.07 Å². The van der Waals surface area contributed by atoms with Gasteiger partial charge in [0, 0.05) is 5.69 Å². The number of amides is 2. The molecule has 0 bridgehead atoms. The lowest BCUT2D eigenvalue weighted by atomic mass is 10.2. The highest BCUT2D eigenvalue weighted by Gasteiger charge is 2.40. The molecule has 2 aromatic rings. The van der Waals surface area contributed by atoms with Crippen molar-refractivity contribution in [2.24, 2.45) is 0 Å². The minimum atomic E-state index is -0.587. The molecule has 0 aromatic heterocycles. The predicted octanol–water partition coefficient (Wildman–Crippen LogP) is 3.94. The minimum absolute atomic E-state index is 0.235. The fourth-order valence-electron chi connectivity index (χ4n) is 2.30. The van der Waals surface area contributed by atoms with Gasteiger partial charge in [0.1, 0.15) is 0 Å². The summed E-state index contributed by atoms with van der Waals surface area (Å²) in [5.74, 6) is -0.235. The zero-order chi connectivity index (χ0) is 15.7. The standard InChI is InChI=1S/C17H16N2O2S/c1-11-6-8-13(9-7-11)18-15-16(20)19(17(21)22-15)14-5-3-4-12(2)10-14/h3-10,15,18H,1-2H3/t15-/m1/s1. The second-order valence-corrected chi connectivity index (χ2v) is 6.34. The molecule has 0 radical (unpaired) electrons. The summed E-state index contributed by atoms with van der Waals surface area (Å²) < 4.78 is 0. The molecule has 0 saturated carbocycles. The van der Waals surface area contributed by atoms with Crippen LogP contribution in [0.1, 0.15) is 11.1 Å². The van der Waals surface area contributed by atoms with Crippen molar-refractivity contribution in [2.45, 2.75) is 19.2 Å². The average molecular weight is 312 g/mol. The Morgan fingerprint density at radius 2 is 1.73 bits per heavy atom. The van der Waals surface area contributed by atoms with Gasteiger partial charge in [-0.25, -0.2) is 4.90 Å². The summed E-state index contributed by atoms with van der Waals surface area (Å²) in [6, 6.07) is 15.1. The van der Waals surface area contributed by atoms with Crippen LogP contribution in [-0.4, -0.2) is 16.5 Å². The Bertz CT molecular complexity index is 728. The average Bonchev–Trinajstić information content (AvgIpc) is 2.76. The molecule has 5 heteroatoms. The van der Waals surface area contributed by atoms with Crippen molar-refractivity contribution in [2.75, 3.05) is 10.2 Å². The van der Waals surface area contributed by atoms with Crippen LogP contribution in [0.4, 0.5) is 16.2 Å². The molecule has 22 heavy (non-hydrogen) atoms. The van der Waals surface area contributed by atoms with E-state index in [1.165, 1.54) is 4.90 Å². The maximum Gasteiger partial charge on any atom is 0.295 e. The largest absolute Gasteiger partial charge is 0.365 e. The van der Waals surface area contributed by atoms with Crippen molar-refractivity contribution in [3.8, 4) is 0 Å². The van der Waals surface area contributed by atoms with Crippen molar-refractivity contribution in [1.29, 1.82) is 0 Å². The van der Waals surface area contributed by atoms with Crippen LogP contribution < -0.4 is 10.2 Å². The molecule has 1 fully saturated rings. The number of thioether (sulfide) groups is 1. The number of carbonyl (C=O) groups excluding carboxylic acids is 2. The van der Waals surface area contributed by atoms with Crippen LogP contribution in [0.25, 0.3) is 0 Å². The first-order chi connectivity index (χ1) is 10.5. The van der Waals surface area contributed by atoms with Crippen LogP contribution in [-0.2, 0) is 4.79 Å². The van der Waals surface area contributed by atoms with E-state index in [0.717, 1.165) is 28.6 Å². The van der Waals surface area contributed by atoms with Gasteiger partial charge in [-0.05, 0) is 55.4 Å². The van der Waals surface area contributed by atoms with Gasteiger partial charge in [-0.15, -0.1) is 0 Å². The number of anilines is 2. The van der Waals surface area contributed by atoms with E-state index in [0.29, 0.717) is 5.69 Å². The molecule has 1 aliphatic heterocycles. The first-order valence-electron chi connectivity index (χ1n) is 6.99. The molecule has 0 spiro atoms. The lowest BCUT2D eigenvalue weighted by Gasteiger charge is -2.15. The third kappa shape index (κ3) is 2.85. The smallest absolute Gasteiger partial charge is 0.295 e. The number of hydrogen-bond acceptors (Lipinski definition) is 4. The van der Waals surface area contributed by atoms with Crippen molar-refractivity contribution in [1.82, 2.24) is 0 Å². The second kappa shape index (κ2) is 5.85. The van der Waals surface area contributed by atoms with Crippen LogP contribution in [0.3, 0.4) is 0 Å². The molecular formula is C17H16N2O2S. The van der Waals surface area contributed by atoms with Gasteiger partial charge in [-0.2, -0.15) is 0 Å². The maximum absolute atomic E-state index is 12.5. The Hall–Kier alpha value is -2.27. The van der Waals surface area contributed by atoms with Gasteiger partial charge < -0.3 is 5.32 Å². The highest BCUT2D eigenvalue weighted by Crippen LogP contribution is 2.32. The molecule has 1 N–H and O–H groups in total. The third-order valence-corrected chi connectivity index (χ3v) is 4.39. The predicted molar refractivity (Wildman–Crippen MR) is 90.2 cm³/mol. The molecule has 1 heterocycles. The summed E-state index contributed by atoms with van der Waals surface area (Å²) in [5.41, 5.74) is 3.61. The maximum atomic E-state index is 12.5. The zero-order valence-corrected chi connectivity index (χ0v) is 13.2. The summed E-state index contributed by atoms with van der Waals surface area (Å²) in [4.78, 5) is 25.9. The van der Waals surface area contributed by atoms with Crippen LogP contribution in [0.2, 0.25) is 0 Å². The van der Waals surface area contributed by atoms with Gasteiger partial charge in [0.05, 0.1) is 5.69 Å². The number of imide groups is 1. The molecule has 0 unspecified atom stereocenters. The van der Waals surface area contributed by atoms with Gasteiger partial charge in [0.2, 0.25) is 0 Å². The number of hydrogen-bond donors (Lipinski definition) is 1. The summed E-state index contributed by atoms with van der Waals surface area (Å²) >= 11 is 1.01. The van der Waals surface area contributed by atoms with Crippen LogP contribution in [0, 0.1) is 13.8 Å². The van der Waals surface area contributed by atoms with E-state index in [4.69, 9.17) is 0 Å². The minimum Gasteiger partial charge on any atom is -0.365 e. The zero-order valence-electron chi connectivity index (χ0n) is 12.4. The van der Waals surface area contributed by atoms with Crippen molar-refractivity contribution >= 4 is 34.3 Å². The molecule has 3 rings (SSSR count). The summed E-state index contributed by atoms with van der Waals surface area (Å²) in [6.45, 7) is 3.94. The first-order valence-corrected chi connectivity index (χ1v) is 7.87. The molecule has 1 saturated heterocycles.